The number of ether oxygens (including phenoxy) is 2. The van der Waals surface area contributed by atoms with Crippen LogP contribution in [0.2, 0.25) is 0 Å². The maximum Gasteiger partial charge on any atom is 0.586 e. The minimum Gasteiger partial charge on any atom is -0.481 e. The minimum absolute atomic E-state index is 0.0880. The van der Waals surface area contributed by atoms with E-state index in [2.05, 4.69) is 19.8 Å². The van der Waals surface area contributed by atoms with Crippen LogP contribution in [-0.2, 0) is 4.79 Å². The second kappa shape index (κ2) is 8.87. The molecule has 1 aliphatic heterocycles. The Balaban J connectivity index is 1.51. The molecule has 1 fully saturated rings. The third kappa shape index (κ3) is 5.37. The molecule has 12 heteroatoms. The Morgan fingerprint density at radius 3 is 2.77 bits per heavy atom. The summed E-state index contributed by atoms with van der Waals surface area (Å²) >= 11 is 2.28. The standard InChI is InChI=1S/C19H19F2N3O5S2/c20-19(21)28-13-6-5-12(7-14(13)29-19)24(9-11-3-1-2-4-11)18(27)23-17-22-8-16(31-17)30-10-15(25)26/h5-8,11H,1-4,9-10H2,(H,25,26)(H,22,23,27). The van der Waals surface area contributed by atoms with E-state index in [1.807, 2.05) is 0 Å². The Morgan fingerprint density at radius 2 is 2.03 bits per heavy atom. The molecule has 0 atom stereocenters. The molecule has 0 saturated heterocycles. The SMILES string of the molecule is O=C(O)CSc1cnc(NC(=O)N(CC2CCCC2)c2ccc3c(c2)OC(F)(F)O3)s1. The smallest absolute Gasteiger partial charge is 0.481 e. The molecule has 0 spiro atoms. The Bertz CT molecular complexity index is 981. The first-order chi connectivity index (χ1) is 14.8. The van der Waals surface area contributed by atoms with Gasteiger partial charge in [-0.2, -0.15) is 0 Å². The summed E-state index contributed by atoms with van der Waals surface area (Å²) in [6.45, 7) is 0.424. The molecule has 2 heterocycles. The van der Waals surface area contributed by atoms with Gasteiger partial charge >= 0.3 is 18.3 Å². The number of hydrogen-bond donors (Lipinski definition) is 2. The zero-order valence-electron chi connectivity index (χ0n) is 16.2. The molecule has 1 aliphatic carbocycles. The van der Waals surface area contributed by atoms with Crippen molar-refractivity contribution in [3.8, 4) is 11.5 Å². The van der Waals surface area contributed by atoms with Gasteiger partial charge < -0.3 is 14.6 Å². The lowest BCUT2D eigenvalue weighted by Crippen LogP contribution is -2.38. The monoisotopic (exact) mass is 471 g/mol. The second-order valence-electron chi connectivity index (χ2n) is 7.16. The van der Waals surface area contributed by atoms with E-state index in [-0.39, 0.29) is 17.3 Å². The highest BCUT2D eigenvalue weighted by Gasteiger charge is 2.43. The number of carboxylic acid groups (broad SMARTS) is 1. The average Bonchev–Trinajstić information content (AvgIpc) is 3.42. The van der Waals surface area contributed by atoms with E-state index >= 15 is 0 Å². The Kier molecular flexibility index (Phi) is 6.19. The van der Waals surface area contributed by atoms with Crippen molar-refractivity contribution in [1.82, 2.24) is 4.98 Å². The number of aromatic nitrogens is 1. The molecule has 2 N–H and O–H groups in total. The number of carbonyl (C=O) groups is 2. The van der Waals surface area contributed by atoms with Crippen LogP contribution in [0.25, 0.3) is 0 Å². The quantitative estimate of drug-likeness (QED) is 0.556. The molecule has 31 heavy (non-hydrogen) atoms. The number of halogens is 2. The number of nitrogens with zero attached hydrogens (tertiary/aromatic N) is 2. The molecule has 1 aromatic heterocycles. The number of aliphatic carboxylic acids is 1. The molecule has 0 unspecified atom stereocenters. The molecule has 2 aliphatic rings. The number of thiazole rings is 1. The van der Waals surface area contributed by atoms with Crippen molar-refractivity contribution < 1.29 is 33.0 Å². The fraction of sp³-hybridized carbons (Fsp3) is 0.421. The number of alkyl halides is 2. The minimum atomic E-state index is -3.73. The van der Waals surface area contributed by atoms with Crippen molar-refractivity contribution >= 4 is 45.9 Å². The molecule has 0 radical (unpaired) electrons. The number of amides is 2. The van der Waals surface area contributed by atoms with Gasteiger partial charge in [-0.15, -0.1) is 20.5 Å². The van der Waals surface area contributed by atoms with Crippen molar-refractivity contribution in [1.29, 1.82) is 0 Å². The summed E-state index contributed by atoms with van der Waals surface area (Å²) < 4.78 is 36.4. The number of hydrogen-bond acceptors (Lipinski definition) is 7. The fourth-order valence-electron chi connectivity index (χ4n) is 3.54. The topological polar surface area (TPSA) is 101 Å². The van der Waals surface area contributed by atoms with E-state index in [1.165, 1.54) is 29.3 Å². The fourth-order valence-corrected chi connectivity index (χ4v) is 5.12. The van der Waals surface area contributed by atoms with Crippen LogP contribution in [0.15, 0.2) is 28.6 Å². The number of carboxylic acids is 1. The predicted molar refractivity (Wildman–Crippen MR) is 111 cm³/mol. The van der Waals surface area contributed by atoms with E-state index in [9.17, 15) is 18.4 Å². The van der Waals surface area contributed by atoms with Gasteiger partial charge in [0.2, 0.25) is 0 Å². The van der Waals surface area contributed by atoms with Gasteiger partial charge in [0.1, 0.15) is 0 Å². The van der Waals surface area contributed by atoms with E-state index in [0.717, 1.165) is 48.8 Å². The summed E-state index contributed by atoms with van der Waals surface area (Å²) in [5.41, 5.74) is 0.404. The Morgan fingerprint density at radius 1 is 1.29 bits per heavy atom. The third-order valence-corrected chi connectivity index (χ3v) is 6.99. The van der Waals surface area contributed by atoms with Crippen LogP contribution in [-0.4, -0.2) is 40.7 Å². The largest absolute Gasteiger partial charge is 0.586 e. The van der Waals surface area contributed by atoms with Crippen LogP contribution in [0.3, 0.4) is 0 Å². The highest BCUT2D eigenvalue weighted by molar-refractivity contribution is 8.01. The summed E-state index contributed by atoms with van der Waals surface area (Å²) in [4.78, 5) is 29.4. The van der Waals surface area contributed by atoms with Crippen molar-refractivity contribution in [2.24, 2.45) is 5.92 Å². The summed E-state index contributed by atoms with van der Waals surface area (Å²) in [5, 5.41) is 11.8. The number of anilines is 2. The van der Waals surface area contributed by atoms with Gasteiger partial charge in [-0.25, -0.2) is 9.78 Å². The first-order valence-electron chi connectivity index (χ1n) is 9.58. The normalized spacial score (nSPS) is 17.0. The number of thioether (sulfide) groups is 1. The number of urea groups is 1. The summed E-state index contributed by atoms with van der Waals surface area (Å²) in [6.07, 6.45) is 1.91. The molecule has 2 amide bonds. The van der Waals surface area contributed by atoms with Crippen molar-refractivity contribution in [2.75, 3.05) is 22.5 Å². The lowest BCUT2D eigenvalue weighted by atomic mass is 10.1. The molecule has 4 rings (SSSR count). The molecule has 166 valence electrons. The number of rotatable bonds is 7. The van der Waals surface area contributed by atoms with Crippen LogP contribution in [0.5, 0.6) is 11.5 Å². The zero-order chi connectivity index (χ0) is 22.0. The first-order valence-corrected chi connectivity index (χ1v) is 11.4. The summed E-state index contributed by atoms with van der Waals surface area (Å²) in [5.74, 6) is -0.968. The lowest BCUT2D eigenvalue weighted by Gasteiger charge is -2.25. The van der Waals surface area contributed by atoms with Gasteiger partial charge in [-0.1, -0.05) is 24.2 Å². The molecular formula is C19H19F2N3O5S2. The number of nitrogens with one attached hydrogen (secondary N) is 1. The molecular weight excluding hydrogens is 452 g/mol. The average molecular weight is 472 g/mol. The van der Waals surface area contributed by atoms with Gasteiger partial charge in [0, 0.05) is 18.3 Å². The third-order valence-electron chi connectivity index (χ3n) is 4.89. The Hall–Kier alpha value is -2.60. The van der Waals surface area contributed by atoms with Crippen LogP contribution < -0.4 is 19.7 Å². The summed E-state index contributed by atoms with van der Waals surface area (Å²) in [7, 11) is 0. The first kappa shape index (κ1) is 21.6. The second-order valence-corrected chi connectivity index (χ2v) is 9.46. The van der Waals surface area contributed by atoms with Crippen LogP contribution in [0.1, 0.15) is 25.7 Å². The van der Waals surface area contributed by atoms with E-state index in [1.54, 1.807) is 0 Å². The molecule has 1 aromatic carbocycles. The molecule has 8 nitrogen and oxygen atoms in total. The van der Waals surface area contributed by atoms with Crippen LogP contribution in [0.4, 0.5) is 24.4 Å². The zero-order valence-corrected chi connectivity index (χ0v) is 17.8. The number of fused-ring (bicyclic) bond motifs is 1. The van der Waals surface area contributed by atoms with Gasteiger partial charge in [0.05, 0.1) is 16.2 Å². The Labute approximate surface area is 184 Å². The molecule has 2 aromatic rings. The summed E-state index contributed by atoms with van der Waals surface area (Å²) in [6, 6.07) is 3.79. The van der Waals surface area contributed by atoms with Gasteiger partial charge in [0.15, 0.2) is 16.6 Å². The van der Waals surface area contributed by atoms with Crippen molar-refractivity contribution in [2.45, 2.75) is 36.2 Å². The van der Waals surface area contributed by atoms with Crippen molar-refractivity contribution in [3.63, 3.8) is 0 Å². The number of benzene rings is 1. The number of carbonyl (C=O) groups excluding carboxylic acids is 1. The highest BCUT2D eigenvalue weighted by Crippen LogP contribution is 2.43. The molecule has 0 bridgehead atoms. The predicted octanol–water partition coefficient (Wildman–Crippen LogP) is 4.87. The van der Waals surface area contributed by atoms with E-state index < -0.39 is 18.3 Å². The van der Waals surface area contributed by atoms with Gasteiger partial charge in [-0.3, -0.25) is 15.0 Å². The van der Waals surface area contributed by atoms with E-state index in [4.69, 9.17) is 5.11 Å². The highest BCUT2D eigenvalue weighted by atomic mass is 32.2. The van der Waals surface area contributed by atoms with Crippen LogP contribution in [0, 0.1) is 5.92 Å². The maximum absolute atomic E-state index is 13.4. The van der Waals surface area contributed by atoms with Gasteiger partial charge in [0.25, 0.3) is 0 Å². The van der Waals surface area contributed by atoms with Crippen LogP contribution >= 0.6 is 23.1 Å². The van der Waals surface area contributed by atoms with E-state index in [0.29, 0.717) is 27.5 Å². The van der Waals surface area contributed by atoms with Gasteiger partial charge in [-0.05, 0) is 30.9 Å². The van der Waals surface area contributed by atoms with Crippen molar-refractivity contribution in [3.05, 3.63) is 24.4 Å². The maximum atomic E-state index is 13.4. The molecule has 1 saturated carbocycles. The lowest BCUT2D eigenvalue weighted by molar-refractivity contribution is -0.286.